The van der Waals surface area contributed by atoms with Crippen LogP contribution in [0.4, 0.5) is 0 Å². The van der Waals surface area contributed by atoms with Crippen molar-refractivity contribution in [3.63, 3.8) is 0 Å². The zero-order valence-corrected chi connectivity index (χ0v) is 10.4. The number of nitrogens with two attached hydrogens (primary N) is 1. The van der Waals surface area contributed by atoms with Gasteiger partial charge in [-0.25, -0.2) is 0 Å². The van der Waals surface area contributed by atoms with E-state index in [4.69, 9.17) is 5.73 Å². The predicted octanol–water partition coefficient (Wildman–Crippen LogP) is 2.15. The van der Waals surface area contributed by atoms with Gasteiger partial charge in [-0.15, -0.1) is 11.3 Å². The molecule has 1 aliphatic heterocycles. The Morgan fingerprint density at radius 2 is 2.56 bits per heavy atom. The van der Waals surface area contributed by atoms with Crippen LogP contribution in [0.2, 0.25) is 0 Å². The number of nitrogens with zero attached hydrogens (tertiary/aromatic N) is 1. The standard InChI is InChI=1S/C12H18N2OS/c1-9(13)8-12(15)14-6-2-4-10(14)11-5-3-7-16-11/h3,5,7,9-10H,2,4,6,8,13H2,1H3. The third-order valence-corrected chi connectivity index (χ3v) is 3.91. The second-order valence-electron chi connectivity index (χ2n) is 4.44. The van der Waals surface area contributed by atoms with Gasteiger partial charge in [-0.2, -0.15) is 0 Å². The summed E-state index contributed by atoms with van der Waals surface area (Å²) < 4.78 is 0. The first kappa shape index (κ1) is 11.6. The largest absolute Gasteiger partial charge is 0.335 e. The molecule has 2 heterocycles. The molecule has 0 aliphatic carbocycles. The fourth-order valence-electron chi connectivity index (χ4n) is 2.23. The maximum atomic E-state index is 12.0. The first-order valence-electron chi connectivity index (χ1n) is 5.77. The summed E-state index contributed by atoms with van der Waals surface area (Å²) in [7, 11) is 0. The van der Waals surface area contributed by atoms with Crippen LogP contribution in [0.1, 0.15) is 37.1 Å². The van der Waals surface area contributed by atoms with E-state index in [2.05, 4.69) is 11.4 Å². The first-order valence-corrected chi connectivity index (χ1v) is 6.65. The van der Waals surface area contributed by atoms with Gasteiger partial charge in [-0.3, -0.25) is 4.79 Å². The fourth-order valence-corrected chi connectivity index (χ4v) is 3.11. The minimum atomic E-state index is -0.0444. The Bertz CT molecular complexity index is 348. The molecule has 16 heavy (non-hydrogen) atoms. The minimum Gasteiger partial charge on any atom is -0.335 e. The van der Waals surface area contributed by atoms with Crippen molar-refractivity contribution in [3.05, 3.63) is 22.4 Å². The van der Waals surface area contributed by atoms with Crippen molar-refractivity contribution in [2.24, 2.45) is 5.73 Å². The summed E-state index contributed by atoms with van der Waals surface area (Å²) in [6.07, 6.45) is 2.65. The molecule has 1 saturated heterocycles. The average molecular weight is 238 g/mol. The van der Waals surface area contributed by atoms with Gasteiger partial charge in [0.25, 0.3) is 0 Å². The molecule has 1 amide bonds. The molecule has 2 N–H and O–H groups in total. The van der Waals surface area contributed by atoms with E-state index in [1.54, 1.807) is 11.3 Å². The van der Waals surface area contributed by atoms with Gasteiger partial charge in [0, 0.05) is 23.9 Å². The van der Waals surface area contributed by atoms with Gasteiger partial charge in [0.15, 0.2) is 0 Å². The molecule has 0 aromatic carbocycles. The second-order valence-corrected chi connectivity index (χ2v) is 5.42. The number of hydrogen-bond donors (Lipinski definition) is 1. The van der Waals surface area contributed by atoms with Crippen LogP contribution in [0.15, 0.2) is 17.5 Å². The van der Waals surface area contributed by atoms with Crippen LogP contribution in [0.5, 0.6) is 0 Å². The highest BCUT2D eigenvalue weighted by atomic mass is 32.1. The molecule has 1 aliphatic rings. The van der Waals surface area contributed by atoms with Crippen LogP contribution < -0.4 is 5.73 Å². The van der Waals surface area contributed by atoms with Crippen molar-refractivity contribution in [1.82, 2.24) is 4.90 Å². The molecular weight excluding hydrogens is 220 g/mol. The molecule has 0 radical (unpaired) electrons. The topological polar surface area (TPSA) is 46.3 Å². The van der Waals surface area contributed by atoms with E-state index in [1.165, 1.54) is 4.88 Å². The number of carbonyl (C=O) groups is 1. The highest BCUT2D eigenvalue weighted by molar-refractivity contribution is 7.10. The van der Waals surface area contributed by atoms with Crippen molar-refractivity contribution >= 4 is 17.2 Å². The van der Waals surface area contributed by atoms with Crippen LogP contribution in [0.3, 0.4) is 0 Å². The lowest BCUT2D eigenvalue weighted by Crippen LogP contribution is -2.34. The summed E-state index contributed by atoms with van der Waals surface area (Å²) >= 11 is 1.74. The van der Waals surface area contributed by atoms with Gasteiger partial charge in [-0.05, 0) is 31.2 Å². The molecule has 88 valence electrons. The Morgan fingerprint density at radius 1 is 1.75 bits per heavy atom. The fraction of sp³-hybridized carbons (Fsp3) is 0.583. The van der Waals surface area contributed by atoms with Gasteiger partial charge < -0.3 is 10.6 Å². The summed E-state index contributed by atoms with van der Waals surface area (Å²) in [5.74, 6) is 0.200. The van der Waals surface area contributed by atoms with Crippen molar-refractivity contribution in [3.8, 4) is 0 Å². The number of thiophene rings is 1. The molecule has 4 heteroatoms. The summed E-state index contributed by atoms with van der Waals surface area (Å²) in [6.45, 7) is 2.77. The van der Waals surface area contributed by atoms with Gasteiger partial charge >= 0.3 is 0 Å². The molecule has 1 aromatic heterocycles. The van der Waals surface area contributed by atoms with Gasteiger partial charge in [0.2, 0.25) is 5.91 Å². The zero-order valence-electron chi connectivity index (χ0n) is 9.56. The van der Waals surface area contributed by atoms with Gasteiger partial charge in [0.05, 0.1) is 6.04 Å². The predicted molar refractivity (Wildman–Crippen MR) is 66.3 cm³/mol. The van der Waals surface area contributed by atoms with Crippen molar-refractivity contribution in [2.75, 3.05) is 6.54 Å². The summed E-state index contributed by atoms with van der Waals surface area (Å²) in [6, 6.07) is 4.42. The van der Waals surface area contributed by atoms with Crippen LogP contribution >= 0.6 is 11.3 Å². The first-order chi connectivity index (χ1) is 7.68. The molecule has 0 saturated carbocycles. The smallest absolute Gasteiger partial charge is 0.224 e. The lowest BCUT2D eigenvalue weighted by atomic mass is 10.1. The lowest BCUT2D eigenvalue weighted by molar-refractivity contribution is -0.132. The van der Waals surface area contributed by atoms with Crippen molar-refractivity contribution in [1.29, 1.82) is 0 Å². The Hall–Kier alpha value is -0.870. The Balaban J connectivity index is 2.06. The van der Waals surface area contributed by atoms with Crippen LogP contribution in [0, 0.1) is 0 Å². The number of carbonyl (C=O) groups excluding carboxylic acids is 1. The molecule has 2 atom stereocenters. The molecule has 0 bridgehead atoms. The van der Waals surface area contributed by atoms with Crippen LogP contribution in [0.25, 0.3) is 0 Å². The van der Waals surface area contributed by atoms with E-state index in [0.29, 0.717) is 12.5 Å². The SMILES string of the molecule is CC(N)CC(=O)N1CCCC1c1cccs1. The molecule has 1 aromatic rings. The number of hydrogen-bond acceptors (Lipinski definition) is 3. The third kappa shape index (κ3) is 2.44. The zero-order chi connectivity index (χ0) is 11.5. The maximum Gasteiger partial charge on any atom is 0.224 e. The Morgan fingerprint density at radius 3 is 3.19 bits per heavy atom. The lowest BCUT2D eigenvalue weighted by Gasteiger charge is -2.24. The minimum absolute atomic E-state index is 0.0444. The number of amides is 1. The third-order valence-electron chi connectivity index (χ3n) is 2.94. The van der Waals surface area contributed by atoms with Crippen molar-refractivity contribution < 1.29 is 4.79 Å². The van der Waals surface area contributed by atoms with E-state index in [1.807, 2.05) is 17.9 Å². The normalized spacial score (nSPS) is 22.4. The van der Waals surface area contributed by atoms with E-state index >= 15 is 0 Å². The molecule has 2 unspecified atom stereocenters. The molecule has 0 spiro atoms. The van der Waals surface area contributed by atoms with E-state index in [0.717, 1.165) is 19.4 Å². The van der Waals surface area contributed by atoms with Gasteiger partial charge in [-0.1, -0.05) is 6.07 Å². The molecule has 1 fully saturated rings. The Labute approximate surface area is 100 Å². The van der Waals surface area contributed by atoms with Gasteiger partial charge in [0.1, 0.15) is 0 Å². The summed E-state index contributed by atoms with van der Waals surface area (Å²) in [5.41, 5.74) is 5.68. The maximum absolute atomic E-state index is 12.0. The highest BCUT2D eigenvalue weighted by Crippen LogP contribution is 2.34. The van der Waals surface area contributed by atoms with Crippen LogP contribution in [-0.4, -0.2) is 23.4 Å². The van der Waals surface area contributed by atoms with Crippen molar-refractivity contribution in [2.45, 2.75) is 38.3 Å². The molecular formula is C12H18N2OS. The number of rotatable bonds is 3. The second kappa shape index (κ2) is 4.97. The van der Waals surface area contributed by atoms with E-state index in [9.17, 15) is 4.79 Å². The quantitative estimate of drug-likeness (QED) is 0.877. The summed E-state index contributed by atoms with van der Waals surface area (Å²) in [4.78, 5) is 15.3. The highest BCUT2D eigenvalue weighted by Gasteiger charge is 2.30. The molecule has 2 rings (SSSR count). The van der Waals surface area contributed by atoms with E-state index in [-0.39, 0.29) is 11.9 Å². The average Bonchev–Trinajstić information content (AvgIpc) is 2.87. The van der Waals surface area contributed by atoms with E-state index < -0.39 is 0 Å². The number of likely N-dealkylation sites (tertiary alicyclic amines) is 1. The van der Waals surface area contributed by atoms with Crippen LogP contribution in [-0.2, 0) is 4.79 Å². The molecule has 3 nitrogen and oxygen atoms in total. The Kier molecular flexibility index (Phi) is 3.61. The monoisotopic (exact) mass is 238 g/mol. The summed E-state index contributed by atoms with van der Waals surface area (Å²) in [5, 5.41) is 2.07.